The average Bonchev–Trinajstić information content (AvgIpc) is 3.36. The molecule has 4 aromatic rings. The van der Waals surface area contributed by atoms with Gasteiger partial charge in [-0.2, -0.15) is 0 Å². The number of amides is 1. The van der Waals surface area contributed by atoms with E-state index in [-0.39, 0.29) is 0 Å². The van der Waals surface area contributed by atoms with E-state index in [0.29, 0.717) is 17.0 Å². The molecule has 1 amide bonds. The third-order valence-electron chi connectivity index (χ3n) is 4.74. The molecule has 6 nitrogen and oxygen atoms in total. The van der Waals surface area contributed by atoms with E-state index in [2.05, 4.69) is 10.3 Å². The Morgan fingerprint density at radius 2 is 1.90 bits per heavy atom. The molecule has 0 spiro atoms. The number of aromatic nitrogens is 1. The zero-order valence-electron chi connectivity index (χ0n) is 16.8. The van der Waals surface area contributed by atoms with Gasteiger partial charge in [-0.15, -0.1) is 11.3 Å². The number of thiophene rings is 1. The van der Waals surface area contributed by atoms with Crippen molar-refractivity contribution in [3.05, 3.63) is 94.3 Å². The first-order chi connectivity index (χ1) is 15.1. The van der Waals surface area contributed by atoms with Gasteiger partial charge in [0.25, 0.3) is 5.91 Å². The predicted octanol–water partition coefficient (Wildman–Crippen LogP) is 4.52. The lowest BCUT2D eigenvalue weighted by Crippen LogP contribution is -2.31. The van der Waals surface area contributed by atoms with E-state index >= 15 is 0 Å². The summed E-state index contributed by atoms with van der Waals surface area (Å²) in [5.74, 6) is -0.197. The molecule has 4 rings (SSSR count). The van der Waals surface area contributed by atoms with Gasteiger partial charge in [-0.25, -0.2) is 4.79 Å². The van der Waals surface area contributed by atoms with Crippen LogP contribution in [0.15, 0.2) is 78.3 Å². The first-order valence-corrected chi connectivity index (χ1v) is 10.5. The number of ether oxygens (including phenoxy) is 2. The van der Waals surface area contributed by atoms with Crippen LogP contribution in [0.5, 0.6) is 5.75 Å². The van der Waals surface area contributed by atoms with Crippen molar-refractivity contribution in [1.82, 2.24) is 10.3 Å². The SMILES string of the molecule is COc1ccc(CNC(=O)[C@H](OC(=O)c2cccs2)c2ccc3ncccc3c2)cc1. The van der Waals surface area contributed by atoms with Gasteiger partial charge in [-0.1, -0.05) is 30.3 Å². The molecule has 0 aliphatic heterocycles. The number of methoxy groups -OCH3 is 1. The van der Waals surface area contributed by atoms with Crippen LogP contribution in [0.3, 0.4) is 0 Å². The van der Waals surface area contributed by atoms with Gasteiger partial charge in [-0.3, -0.25) is 9.78 Å². The van der Waals surface area contributed by atoms with Crippen molar-refractivity contribution in [3.8, 4) is 5.75 Å². The van der Waals surface area contributed by atoms with E-state index in [1.807, 2.05) is 48.5 Å². The Hall–Kier alpha value is -3.71. The number of benzene rings is 2. The standard InChI is InChI=1S/C24H20N2O4S/c1-29-19-9-6-16(7-10-19)15-26-23(27)22(30-24(28)21-5-3-13-31-21)18-8-11-20-17(14-18)4-2-12-25-20/h2-14,22H,15H2,1H3,(H,26,27)/t22-/m1/s1. The molecule has 7 heteroatoms. The van der Waals surface area contributed by atoms with Crippen LogP contribution in [0.1, 0.15) is 26.9 Å². The fourth-order valence-electron chi connectivity index (χ4n) is 3.12. The number of nitrogens with zero attached hydrogens (tertiary/aromatic N) is 1. The highest BCUT2D eigenvalue weighted by atomic mass is 32.1. The Kier molecular flexibility index (Phi) is 6.24. The maximum Gasteiger partial charge on any atom is 0.349 e. The van der Waals surface area contributed by atoms with Gasteiger partial charge in [0.2, 0.25) is 6.10 Å². The minimum atomic E-state index is -1.09. The van der Waals surface area contributed by atoms with E-state index < -0.39 is 18.0 Å². The number of esters is 1. The first-order valence-electron chi connectivity index (χ1n) is 9.64. The van der Waals surface area contributed by atoms with E-state index in [9.17, 15) is 9.59 Å². The van der Waals surface area contributed by atoms with E-state index in [1.165, 1.54) is 11.3 Å². The van der Waals surface area contributed by atoms with Crippen molar-refractivity contribution >= 4 is 34.1 Å². The van der Waals surface area contributed by atoms with Crippen molar-refractivity contribution in [3.63, 3.8) is 0 Å². The molecule has 156 valence electrons. The number of pyridine rings is 1. The average molecular weight is 433 g/mol. The number of carbonyl (C=O) groups is 2. The van der Waals surface area contributed by atoms with E-state index in [4.69, 9.17) is 9.47 Å². The fourth-order valence-corrected chi connectivity index (χ4v) is 3.72. The second-order valence-electron chi connectivity index (χ2n) is 6.78. The molecule has 2 aromatic carbocycles. The van der Waals surface area contributed by atoms with Gasteiger partial charge in [0.1, 0.15) is 10.6 Å². The largest absolute Gasteiger partial charge is 0.497 e. The maximum absolute atomic E-state index is 13.1. The molecule has 0 unspecified atom stereocenters. The van der Waals surface area contributed by atoms with Gasteiger partial charge in [0.05, 0.1) is 12.6 Å². The highest BCUT2D eigenvalue weighted by molar-refractivity contribution is 7.11. The number of rotatable bonds is 7. The predicted molar refractivity (Wildman–Crippen MR) is 119 cm³/mol. The smallest absolute Gasteiger partial charge is 0.349 e. The Bertz CT molecular complexity index is 1190. The summed E-state index contributed by atoms with van der Waals surface area (Å²) in [4.78, 5) is 30.4. The van der Waals surface area contributed by atoms with Crippen molar-refractivity contribution in [2.75, 3.05) is 7.11 Å². The molecule has 0 saturated carbocycles. The van der Waals surface area contributed by atoms with Gasteiger partial charge < -0.3 is 14.8 Å². The third kappa shape index (κ3) is 4.90. The number of carbonyl (C=O) groups excluding carboxylic acids is 2. The van der Waals surface area contributed by atoms with Gasteiger partial charge in [-0.05, 0) is 47.3 Å². The molecule has 1 N–H and O–H groups in total. The molecule has 0 fully saturated rings. The molecule has 0 saturated heterocycles. The van der Waals surface area contributed by atoms with Crippen LogP contribution in [-0.4, -0.2) is 24.0 Å². The zero-order valence-corrected chi connectivity index (χ0v) is 17.6. The molecule has 0 radical (unpaired) electrons. The van der Waals surface area contributed by atoms with Crippen LogP contribution in [0, 0.1) is 0 Å². The van der Waals surface area contributed by atoms with E-state index in [0.717, 1.165) is 22.2 Å². The Morgan fingerprint density at radius 1 is 1.06 bits per heavy atom. The minimum Gasteiger partial charge on any atom is -0.497 e. The van der Waals surface area contributed by atoms with Crippen LogP contribution in [-0.2, 0) is 16.1 Å². The third-order valence-corrected chi connectivity index (χ3v) is 5.59. The Balaban J connectivity index is 1.56. The number of fused-ring (bicyclic) bond motifs is 1. The summed E-state index contributed by atoms with van der Waals surface area (Å²) < 4.78 is 10.8. The lowest BCUT2D eigenvalue weighted by atomic mass is 10.1. The molecule has 0 aliphatic rings. The van der Waals surface area contributed by atoms with Crippen molar-refractivity contribution in [1.29, 1.82) is 0 Å². The molecule has 1 atom stereocenters. The first kappa shape index (κ1) is 20.6. The highest BCUT2D eigenvalue weighted by Gasteiger charge is 2.26. The quantitative estimate of drug-likeness (QED) is 0.435. The summed E-state index contributed by atoms with van der Waals surface area (Å²) in [6, 6.07) is 19.9. The summed E-state index contributed by atoms with van der Waals surface area (Å²) in [7, 11) is 1.60. The molecule has 0 aliphatic carbocycles. The molecular weight excluding hydrogens is 412 g/mol. The van der Waals surface area contributed by atoms with E-state index in [1.54, 1.807) is 36.9 Å². The summed E-state index contributed by atoms with van der Waals surface area (Å²) in [6.07, 6.45) is 0.621. The zero-order chi connectivity index (χ0) is 21.6. The van der Waals surface area contributed by atoms with Crippen molar-refractivity contribution < 1.29 is 19.1 Å². The van der Waals surface area contributed by atoms with Gasteiger partial charge in [0, 0.05) is 23.7 Å². The van der Waals surface area contributed by atoms with Crippen LogP contribution >= 0.6 is 11.3 Å². The van der Waals surface area contributed by atoms with Crippen molar-refractivity contribution in [2.45, 2.75) is 12.6 Å². The fraction of sp³-hybridized carbons (Fsp3) is 0.125. The minimum absolute atomic E-state index is 0.297. The number of nitrogens with one attached hydrogen (secondary N) is 1. The lowest BCUT2D eigenvalue weighted by Gasteiger charge is -2.18. The van der Waals surface area contributed by atoms with Crippen LogP contribution < -0.4 is 10.1 Å². The van der Waals surface area contributed by atoms with Crippen LogP contribution in [0.25, 0.3) is 10.9 Å². The molecular formula is C24H20N2O4S. The second-order valence-corrected chi connectivity index (χ2v) is 7.73. The van der Waals surface area contributed by atoms with Crippen LogP contribution in [0.4, 0.5) is 0 Å². The van der Waals surface area contributed by atoms with Gasteiger partial charge >= 0.3 is 5.97 Å². The second kappa shape index (κ2) is 9.40. The van der Waals surface area contributed by atoms with Crippen molar-refractivity contribution in [2.24, 2.45) is 0 Å². The van der Waals surface area contributed by atoms with Gasteiger partial charge in [0.15, 0.2) is 0 Å². The number of hydrogen-bond donors (Lipinski definition) is 1. The summed E-state index contributed by atoms with van der Waals surface area (Å²) in [5, 5.41) is 5.51. The summed E-state index contributed by atoms with van der Waals surface area (Å²) in [6.45, 7) is 0.297. The molecule has 2 heterocycles. The normalized spacial score (nSPS) is 11.6. The molecule has 31 heavy (non-hydrogen) atoms. The highest BCUT2D eigenvalue weighted by Crippen LogP contribution is 2.25. The topological polar surface area (TPSA) is 77.5 Å². The monoisotopic (exact) mass is 432 g/mol. The molecule has 0 bridgehead atoms. The lowest BCUT2D eigenvalue weighted by molar-refractivity contribution is -0.130. The van der Waals surface area contributed by atoms with Crippen LogP contribution in [0.2, 0.25) is 0 Å². The Morgan fingerprint density at radius 3 is 2.65 bits per heavy atom. The Labute approximate surface area is 183 Å². The molecule has 2 aromatic heterocycles. The summed E-state index contributed by atoms with van der Waals surface area (Å²) >= 11 is 1.27. The number of hydrogen-bond acceptors (Lipinski definition) is 6. The summed E-state index contributed by atoms with van der Waals surface area (Å²) in [5.41, 5.74) is 2.28. The maximum atomic E-state index is 13.1.